The van der Waals surface area contributed by atoms with Gasteiger partial charge < -0.3 is 11.1 Å². The molecular weight excluding hydrogens is 196 g/mol. The van der Waals surface area contributed by atoms with Crippen LogP contribution >= 0.6 is 0 Å². The van der Waals surface area contributed by atoms with E-state index in [1.54, 1.807) is 0 Å². The van der Waals surface area contributed by atoms with Crippen LogP contribution < -0.4 is 11.1 Å². The topological polar surface area (TPSA) is 38.0 Å². The van der Waals surface area contributed by atoms with Crippen molar-refractivity contribution in [1.82, 2.24) is 5.32 Å². The molecule has 0 amide bonds. The first-order valence-electron chi connectivity index (χ1n) is 6.73. The maximum absolute atomic E-state index is 6.24. The van der Waals surface area contributed by atoms with E-state index in [9.17, 15) is 0 Å². The second-order valence-electron chi connectivity index (χ2n) is 4.97. The van der Waals surface area contributed by atoms with Gasteiger partial charge in [-0.1, -0.05) is 38.3 Å². The molecule has 0 fully saturated rings. The lowest BCUT2D eigenvalue weighted by atomic mass is 9.92. The normalized spacial score (nSPS) is 15.5. The smallest absolute Gasteiger partial charge is 0.0137 e. The summed E-state index contributed by atoms with van der Waals surface area (Å²) in [6.07, 6.45) is 11.5. The van der Waals surface area contributed by atoms with Crippen LogP contribution in [-0.2, 0) is 0 Å². The zero-order valence-electron chi connectivity index (χ0n) is 11.4. The lowest BCUT2D eigenvalue weighted by Gasteiger charge is -2.24. The van der Waals surface area contributed by atoms with Crippen molar-refractivity contribution in [2.75, 3.05) is 13.1 Å². The summed E-state index contributed by atoms with van der Waals surface area (Å²) < 4.78 is 0. The Hall–Kier alpha value is -0.340. The van der Waals surface area contributed by atoms with E-state index in [0.717, 1.165) is 32.4 Å². The monoisotopic (exact) mass is 226 g/mol. The second-order valence-corrected chi connectivity index (χ2v) is 4.97. The van der Waals surface area contributed by atoms with Crippen molar-refractivity contribution in [1.29, 1.82) is 0 Å². The molecule has 96 valence electrons. The van der Waals surface area contributed by atoms with Gasteiger partial charge in [0.2, 0.25) is 0 Å². The summed E-state index contributed by atoms with van der Waals surface area (Å²) in [6, 6.07) is 0. The van der Waals surface area contributed by atoms with Crippen LogP contribution in [-0.4, -0.2) is 18.6 Å². The van der Waals surface area contributed by atoms with Gasteiger partial charge in [-0.15, -0.1) is 0 Å². The molecule has 0 aliphatic heterocycles. The molecule has 0 rings (SSSR count). The average molecular weight is 226 g/mol. The highest BCUT2D eigenvalue weighted by Crippen LogP contribution is 2.14. The number of unbranched alkanes of at least 4 members (excludes halogenated alkanes) is 2. The summed E-state index contributed by atoms with van der Waals surface area (Å²) in [5.41, 5.74) is 6.26. The predicted octanol–water partition coefficient (Wildman–Crippen LogP) is 3.23. The lowest BCUT2D eigenvalue weighted by molar-refractivity contribution is 0.375. The molecule has 2 nitrogen and oxygen atoms in total. The van der Waals surface area contributed by atoms with Crippen LogP contribution in [0.15, 0.2) is 12.2 Å². The molecule has 1 unspecified atom stereocenters. The minimum Gasteiger partial charge on any atom is -0.325 e. The molecule has 2 heteroatoms. The van der Waals surface area contributed by atoms with Gasteiger partial charge in [-0.3, -0.25) is 0 Å². The Morgan fingerprint density at radius 1 is 1.19 bits per heavy atom. The van der Waals surface area contributed by atoms with E-state index in [2.05, 4.69) is 38.2 Å². The van der Waals surface area contributed by atoms with E-state index in [-0.39, 0.29) is 5.54 Å². The summed E-state index contributed by atoms with van der Waals surface area (Å²) >= 11 is 0. The Balaban J connectivity index is 3.42. The van der Waals surface area contributed by atoms with Gasteiger partial charge in [0.05, 0.1) is 0 Å². The molecule has 0 aromatic rings. The van der Waals surface area contributed by atoms with Gasteiger partial charge in [-0.25, -0.2) is 0 Å². The molecule has 0 aliphatic rings. The summed E-state index contributed by atoms with van der Waals surface area (Å²) in [5.74, 6) is 0. The van der Waals surface area contributed by atoms with E-state index < -0.39 is 0 Å². The Morgan fingerprint density at radius 3 is 2.56 bits per heavy atom. The molecule has 16 heavy (non-hydrogen) atoms. The van der Waals surface area contributed by atoms with Gasteiger partial charge >= 0.3 is 0 Å². The molecule has 0 saturated carbocycles. The van der Waals surface area contributed by atoms with Crippen LogP contribution in [0.3, 0.4) is 0 Å². The Labute approximate surface area is 102 Å². The third-order valence-corrected chi connectivity index (χ3v) is 2.95. The Bertz CT molecular complexity index is 174. The molecule has 1 atom stereocenters. The van der Waals surface area contributed by atoms with E-state index in [0.29, 0.717) is 0 Å². The van der Waals surface area contributed by atoms with Crippen LogP contribution in [0.5, 0.6) is 0 Å². The first-order chi connectivity index (χ1) is 7.62. The van der Waals surface area contributed by atoms with Gasteiger partial charge in [-0.05, 0) is 46.2 Å². The first kappa shape index (κ1) is 15.7. The van der Waals surface area contributed by atoms with Crippen LogP contribution in [0.4, 0.5) is 0 Å². The summed E-state index contributed by atoms with van der Waals surface area (Å²) in [5, 5.41) is 3.44. The van der Waals surface area contributed by atoms with Gasteiger partial charge in [-0.2, -0.15) is 0 Å². The number of nitrogens with two attached hydrogens (primary N) is 1. The minimum atomic E-state index is 0.0166. The van der Waals surface area contributed by atoms with Crippen molar-refractivity contribution in [2.24, 2.45) is 5.73 Å². The SMILES string of the molecule is C/C=C/CCNCCC(C)(N)CCCCC. The fourth-order valence-corrected chi connectivity index (χ4v) is 1.75. The van der Waals surface area contributed by atoms with E-state index in [1.165, 1.54) is 19.3 Å². The predicted molar refractivity (Wildman–Crippen MR) is 73.7 cm³/mol. The first-order valence-corrected chi connectivity index (χ1v) is 6.73. The number of hydrogen-bond donors (Lipinski definition) is 2. The second kappa shape index (κ2) is 9.86. The maximum Gasteiger partial charge on any atom is 0.0137 e. The quantitative estimate of drug-likeness (QED) is 0.443. The van der Waals surface area contributed by atoms with Crippen LogP contribution in [0.2, 0.25) is 0 Å². The van der Waals surface area contributed by atoms with Gasteiger partial charge in [0, 0.05) is 5.54 Å². The molecule has 0 heterocycles. The van der Waals surface area contributed by atoms with Crippen molar-refractivity contribution >= 4 is 0 Å². The third-order valence-electron chi connectivity index (χ3n) is 2.95. The molecule has 0 radical (unpaired) electrons. The standard InChI is InChI=1S/C14H30N2/c1-4-6-8-10-14(3,15)11-13-16-12-9-7-5-2/h5,7,16H,4,6,8-13,15H2,1-3H3/b7-5+. The fraction of sp³-hybridized carbons (Fsp3) is 0.857. The molecule has 0 aliphatic carbocycles. The Morgan fingerprint density at radius 2 is 1.94 bits per heavy atom. The molecule has 3 N–H and O–H groups in total. The molecule has 0 saturated heterocycles. The molecule has 0 spiro atoms. The molecule has 0 aromatic carbocycles. The number of rotatable bonds is 10. The van der Waals surface area contributed by atoms with E-state index in [1.807, 2.05) is 0 Å². The van der Waals surface area contributed by atoms with Crippen LogP contribution in [0.25, 0.3) is 0 Å². The lowest BCUT2D eigenvalue weighted by Crippen LogP contribution is -2.39. The maximum atomic E-state index is 6.24. The zero-order valence-corrected chi connectivity index (χ0v) is 11.4. The largest absolute Gasteiger partial charge is 0.325 e. The Kier molecular flexibility index (Phi) is 9.65. The highest BCUT2D eigenvalue weighted by atomic mass is 14.9. The van der Waals surface area contributed by atoms with Crippen molar-refractivity contribution in [2.45, 2.75) is 64.8 Å². The van der Waals surface area contributed by atoms with Crippen molar-refractivity contribution in [3.63, 3.8) is 0 Å². The number of hydrogen-bond acceptors (Lipinski definition) is 2. The van der Waals surface area contributed by atoms with E-state index in [4.69, 9.17) is 5.73 Å². The van der Waals surface area contributed by atoms with E-state index >= 15 is 0 Å². The van der Waals surface area contributed by atoms with Crippen molar-refractivity contribution in [3.05, 3.63) is 12.2 Å². The molecule has 0 aromatic heterocycles. The minimum absolute atomic E-state index is 0.0166. The number of nitrogens with one attached hydrogen (secondary N) is 1. The zero-order chi connectivity index (χ0) is 12.3. The van der Waals surface area contributed by atoms with Gasteiger partial charge in [0.15, 0.2) is 0 Å². The van der Waals surface area contributed by atoms with Gasteiger partial charge in [0.25, 0.3) is 0 Å². The summed E-state index contributed by atoms with van der Waals surface area (Å²) in [6.45, 7) is 8.57. The fourth-order valence-electron chi connectivity index (χ4n) is 1.75. The highest BCUT2D eigenvalue weighted by Gasteiger charge is 2.16. The molecule has 0 bridgehead atoms. The summed E-state index contributed by atoms with van der Waals surface area (Å²) in [7, 11) is 0. The van der Waals surface area contributed by atoms with Crippen molar-refractivity contribution in [3.8, 4) is 0 Å². The summed E-state index contributed by atoms with van der Waals surface area (Å²) in [4.78, 5) is 0. The average Bonchev–Trinajstić information content (AvgIpc) is 2.23. The third kappa shape index (κ3) is 10.2. The van der Waals surface area contributed by atoms with Crippen LogP contribution in [0.1, 0.15) is 59.3 Å². The van der Waals surface area contributed by atoms with Crippen LogP contribution in [0, 0.1) is 0 Å². The van der Waals surface area contributed by atoms with Crippen molar-refractivity contribution < 1.29 is 0 Å². The molecular formula is C14H30N2. The highest BCUT2D eigenvalue weighted by molar-refractivity contribution is 4.80. The van der Waals surface area contributed by atoms with Gasteiger partial charge in [0.1, 0.15) is 0 Å². The number of allylic oxidation sites excluding steroid dienone is 1.